The lowest BCUT2D eigenvalue weighted by Crippen LogP contribution is -2.50. The van der Waals surface area contributed by atoms with Crippen LogP contribution in [-0.4, -0.2) is 35.8 Å². The molecule has 1 heterocycles. The summed E-state index contributed by atoms with van der Waals surface area (Å²) in [6, 6.07) is 5.51. The molecule has 0 saturated carbocycles. The van der Waals surface area contributed by atoms with Crippen LogP contribution in [-0.2, 0) is 9.59 Å². The van der Waals surface area contributed by atoms with Crippen LogP contribution in [0, 0.1) is 13.8 Å². The summed E-state index contributed by atoms with van der Waals surface area (Å²) < 4.78 is 0. The number of hydrogen-bond donors (Lipinski definition) is 2. The molecule has 0 bridgehead atoms. The maximum Gasteiger partial charge on any atom is 0.238 e. The zero-order chi connectivity index (χ0) is 15.4. The average Bonchev–Trinajstić information content (AvgIpc) is 2.43. The summed E-state index contributed by atoms with van der Waals surface area (Å²) in [7, 11) is 0. The Morgan fingerprint density at radius 2 is 2.05 bits per heavy atom. The maximum absolute atomic E-state index is 12.1. The molecule has 1 aromatic carbocycles. The van der Waals surface area contributed by atoms with Crippen LogP contribution in [0.25, 0.3) is 0 Å². The Labute approximate surface area is 125 Å². The first-order chi connectivity index (χ1) is 9.97. The molecule has 2 rings (SSSR count). The third-order valence-electron chi connectivity index (χ3n) is 4.08. The number of carbonyl (C=O) groups excluding carboxylic acids is 2. The number of anilines is 1. The van der Waals surface area contributed by atoms with Crippen LogP contribution in [0.15, 0.2) is 18.2 Å². The van der Waals surface area contributed by atoms with E-state index >= 15 is 0 Å². The highest BCUT2D eigenvalue weighted by Gasteiger charge is 2.28. The molecule has 1 aliphatic heterocycles. The molecule has 114 valence electrons. The van der Waals surface area contributed by atoms with Crippen molar-refractivity contribution in [2.75, 3.05) is 18.4 Å². The van der Waals surface area contributed by atoms with Crippen LogP contribution in [0.5, 0.6) is 0 Å². The van der Waals surface area contributed by atoms with Gasteiger partial charge in [0.05, 0.1) is 12.6 Å². The highest BCUT2D eigenvalue weighted by atomic mass is 16.2. The molecule has 0 spiro atoms. The van der Waals surface area contributed by atoms with Gasteiger partial charge in [-0.3, -0.25) is 14.5 Å². The standard InChI is InChI=1S/C16H23N3O2/c1-11-6-7-13(9-12(11)2)18-15(20)10-19-8-4-3-5-14(19)16(17)21/h6-7,9,14H,3-5,8,10H2,1-2H3,(H2,17,21)(H,18,20). The van der Waals surface area contributed by atoms with Crippen molar-refractivity contribution in [2.45, 2.75) is 39.2 Å². The highest BCUT2D eigenvalue weighted by Crippen LogP contribution is 2.17. The third kappa shape index (κ3) is 4.04. The topological polar surface area (TPSA) is 75.4 Å². The molecule has 0 aromatic heterocycles. The molecular weight excluding hydrogens is 266 g/mol. The molecule has 0 radical (unpaired) electrons. The first-order valence-corrected chi connectivity index (χ1v) is 7.38. The quantitative estimate of drug-likeness (QED) is 0.883. The van der Waals surface area contributed by atoms with Crippen molar-refractivity contribution in [3.8, 4) is 0 Å². The Morgan fingerprint density at radius 3 is 2.71 bits per heavy atom. The number of aryl methyl sites for hydroxylation is 2. The fourth-order valence-electron chi connectivity index (χ4n) is 2.71. The summed E-state index contributed by atoms with van der Waals surface area (Å²) in [4.78, 5) is 25.5. The number of rotatable bonds is 4. The fourth-order valence-corrected chi connectivity index (χ4v) is 2.71. The van der Waals surface area contributed by atoms with Crippen LogP contribution in [0.2, 0.25) is 0 Å². The summed E-state index contributed by atoms with van der Waals surface area (Å²) >= 11 is 0. The second-order valence-corrected chi connectivity index (χ2v) is 5.73. The van der Waals surface area contributed by atoms with Gasteiger partial charge in [0.2, 0.25) is 11.8 Å². The van der Waals surface area contributed by atoms with Crippen molar-refractivity contribution >= 4 is 17.5 Å². The van der Waals surface area contributed by atoms with Crippen molar-refractivity contribution in [1.29, 1.82) is 0 Å². The van der Waals surface area contributed by atoms with E-state index in [-0.39, 0.29) is 24.4 Å². The number of hydrogen-bond acceptors (Lipinski definition) is 3. The smallest absolute Gasteiger partial charge is 0.238 e. The first-order valence-electron chi connectivity index (χ1n) is 7.38. The summed E-state index contributed by atoms with van der Waals surface area (Å²) in [5, 5.41) is 2.88. The van der Waals surface area contributed by atoms with Crippen LogP contribution >= 0.6 is 0 Å². The van der Waals surface area contributed by atoms with E-state index in [9.17, 15) is 9.59 Å². The number of nitrogens with zero attached hydrogens (tertiary/aromatic N) is 1. The number of nitrogens with one attached hydrogen (secondary N) is 1. The molecule has 1 aliphatic rings. The zero-order valence-electron chi connectivity index (χ0n) is 12.7. The van der Waals surface area contributed by atoms with E-state index in [1.165, 1.54) is 5.56 Å². The lowest BCUT2D eigenvalue weighted by Gasteiger charge is -2.32. The summed E-state index contributed by atoms with van der Waals surface area (Å²) in [5.74, 6) is -0.444. The molecule has 21 heavy (non-hydrogen) atoms. The Balaban J connectivity index is 1.97. The first kappa shape index (κ1) is 15.5. The monoisotopic (exact) mass is 289 g/mol. The number of primary amides is 1. The number of likely N-dealkylation sites (tertiary alicyclic amines) is 1. The van der Waals surface area contributed by atoms with Gasteiger partial charge >= 0.3 is 0 Å². The van der Waals surface area contributed by atoms with Gasteiger partial charge in [-0.15, -0.1) is 0 Å². The lowest BCUT2D eigenvalue weighted by molar-refractivity contribution is -0.126. The van der Waals surface area contributed by atoms with Crippen LogP contribution in [0.3, 0.4) is 0 Å². The normalized spacial score (nSPS) is 19.2. The zero-order valence-corrected chi connectivity index (χ0v) is 12.7. The Morgan fingerprint density at radius 1 is 1.29 bits per heavy atom. The van der Waals surface area contributed by atoms with E-state index < -0.39 is 0 Å². The Bertz CT molecular complexity index is 542. The molecule has 1 saturated heterocycles. The minimum atomic E-state index is -0.339. The lowest BCUT2D eigenvalue weighted by atomic mass is 10.0. The average molecular weight is 289 g/mol. The van der Waals surface area contributed by atoms with Crippen LogP contribution in [0.1, 0.15) is 30.4 Å². The van der Waals surface area contributed by atoms with E-state index in [0.29, 0.717) is 0 Å². The SMILES string of the molecule is Cc1ccc(NC(=O)CN2CCCCC2C(N)=O)cc1C. The van der Waals surface area contributed by atoms with Gasteiger partial charge in [0.25, 0.3) is 0 Å². The second kappa shape index (κ2) is 6.72. The minimum absolute atomic E-state index is 0.105. The number of amides is 2. The van der Waals surface area contributed by atoms with Crippen molar-refractivity contribution in [1.82, 2.24) is 4.90 Å². The molecule has 1 aromatic rings. The number of benzene rings is 1. The number of carbonyl (C=O) groups is 2. The summed E-state index contributed by atoms with van der Waals surface area (Å²) in [6.45, 7) is 5.00. The van der Waals surface area contributed by atoms with Crippen molar-refractivity contribution in [3.05, 3.63) is 29.3 Å². The maximum atomic E-state index is 12.1. The van der Waals surface area contributed by atoms with E-state index in [0.717, 1.165) is 37.1 Å². The number of nitrogens with two attached hydrogens (primary N) is 1. The van der Waals surface area contributed by atoms with Crippen LogP contribution < -0.4 is 11.1 Å². The van der Waals surface area contributed by atoms with E-state index in [4.69, 9.17) is 5.73 Å². The van der Waals surface area contributed by atoms with Gasteiger partial charge < -0.3 is 11.1 Å². The Kier molecular flexibility index (Phi) is 4.96. The molecule has 1 unspecified atom stereocenters. The molecule has 1 fully saturated rings. The minimum Gasteiger partial charge on any atom is -0.368 e. The molecular formula is C16H23N3O2. The molecule has 0 aliphatic carbocycles. The van der Waals surface area contributed by atoms with Crippen molar-refractivity contribution < 1.29 is 9.59 Å². The fraction of sp³-hybridized carbons (Fsp3) is 0.500. The molecule has 5 heteroatoms. The van der Waals surface area contributed by atoms with Gasteiger partial charge in [0, 0.05) is 5.69 Å². The summed E-state index contributed by atoms with van der Waals surface area (Å²) in [6.07, 6.45) is 2.73. The predicted octanol–water partition coefficient (Wildman–Crippen LogP) is 1.58. The predicted molar refractivity (Wildman–Crippen MR) is 83.0 cm³/mol. The van der Waals surface area contributed by atoms with Gasteiger partial charge in [-0.2, -0.15) is 0 Å². The van der Waals surface area contributed by atoms with E-state index in [1.807, 2.05) is 36.9 Å². The molecule has 3 N–H and O–H groups in total. The Hall–Kier alpha value is -1.88. The third-order valence-corrected chi connectivity index (χ3v) is 4.08. The van der Waals surface area contributed by atoms with Gasteiger partial charge in [0.1, 0.15) is 0 Å². The molecule has 1 atom stereocenters. The molecule has 2 amide bonds. The van der Waals surface area contributed by atoms with Crippen molar-refractivity contribution in [2.24, 2.45) is 5.73 Å². The summed E-state index contributed by atoms with van der Waals surface area (Å²) in [5.41, 5.74) is 8.53. The van der Waals surface area contributed by atoms with Gasteiger partial charge in [-0.1, -0.05) is 12.5 Å². The van der Waals surface area contributed by atoms with E-state index in [1.54, 1.807) is 0 Å². The van der Waals surface area contributed by atoms with Gasteiger partial charge in [0.15, 0.2) is 0 Å². The van der Waals surface area contributed by atoms with Gasteiger partial charge in [-0.05, 0) is 56.5 Å². The van der Waals surface area contributed by atoms with Crippen LogP contribution in [0.4, 0.5) is 5.69 Å². The highest BCUT2D eigenvalue weighted by molar-refractivity contribution is 5.93. The molecule has 5 nitrogen and oxygen atoms in total. The second-order valence-electron chi connectivity index (χ2n) is 5.73. The van der Waals surface area contributed by atoms with Gasteiger partial charge in [-0.25, -0.2) is 0 Å². The van der Waals surface area contributed by atoms with Crippen molar-refractivity contribution in [3.63, 3.8) is 0 Å². The van der Waals surface area contributed by atoms with E-state index in [2.05, 4.69) is 5.32 Å². The largest absolute Gasteiger partial charge is 0.368 e. The number of piperidine rings is 1.